The Balaban J connectivity index is 1.49. The molecule has 0 bridgehead atoms. The lowest BCUT2D eigenvalue weighted by atomic mass is 10.1. The third-order valence-corrected chi connectivity index (χ3v) is 4.70. The summed E-state index contributed by atoms with van der Waals surface area (Å²) in [4.78, 5) is 15.9. The maximum atomic E-state index is 11.9. The Hall–Kier alpha value is -2.53. The van der Waals surface area contributed by atoms with Crippen LogP contribution in [0.4, 0.5) is 0 Å². The summed E-state index contributed by atoms with van der Waals surface area (Å²) in [6.45, 7) is 0.286. The molecule has 0 spiro atoms. The van der Waals surface area contributed by atoms with Crippen LogP contribution >= 0.6 is 11.8 Å². The number of rotatable bonds is 7. The number of carbonyl (C=O) groups excluding carboxylic acids is 1. The second-order valence-electron chi connectivity index (χ2n) is 5.56. The van der Waals surface area contributed by atoms with E-state index in [-0.39, 0.29) is 12.6 Å². The highest BCUT2D eigenvalue weighted by Crippen LogP contribution is 2.22. The van der Waals surface area contributed by atoms with Gasteiger partial charge in [0.15, 0.2) is 0 Å². The molecule has 5 heteroatoms. The first-order valence-electron chi connectivity index (χ1n) is 7.93. The van der Waals surface area contributed by atoms with Crippen molar-refractivity contribution in [2.75, 3.05) is 12.9 Å². The minimum Gasteiger partial charge on any atom is -0.497 e. The molecule has 4 nitrogen and oxygen atoms in total. The number of hydrogen-bond acceptors (Lipinski definition) is 5. The third kappa shape index (κ3) is 4.97. The Morgan fingerprint density at radius 2 is 1.92 bits per heavy atom. The molecule has 128 valence electrons. The molecule has 3 aromatic rings. The predicted octanol–water partition coefficient (Wildman–Crippen LogP) is 4.22. The molecule has 0 aliphatic heterocycles. The minimum atomic E-state index is -0.205. The van der Waals surface area contributed by atoms with E-state index < -0.39 is 0 Å². The summed E-state index contributed by atoms with van der Waals surface area (Å²) in [5.74, 6) is 1.71. The first-order valence-corrected chi connectivity index (χ1v) is 9.09. The third-order valence-electron chi connectivity index (χ3n) is 3.72. The maximum absolute atomic E-state index is 11.9. The van der Waals surface area contributed by atoms with Gasteiger partial charge in [0.1, 0.15) is 12.4 Å². The van der Waals surface area contributed by atoms with Crippen molar-refractivity contribution < 1.29 is 14.3 Å². The van der Waals surface area contributed by atoms with Crippen molar-refractivity contribution in [3.05, 3.63) is 72.1 Å². The monoisotopic (exact) mass is 353 g/mol. The second-order valence-corrected chi connectivity index (χ2v) is 6.55. The van der Waals surface area contributed by atoms with Gasteiger partial charge in [-0.3, -0.25) is 9.78 Å². The van der Waals surface area contributed by atoms with Crippen LogP contribution < -0.4 is 4.74 Å². The fourth-order valence-electron chi connectivity index (χ4n) is 2.43. The smallest absolute Gasteiger partial charge is 0.316 e. The highest BCUT2D eigenvalue weighted by Gasteiger charge is 2.05. The quantitative estimate of drug-likeness (QED) is 0.595. The topological polar surface area (TPSA) is 48.4 Å². The average molecular weight is 353 g/mol. The van der Waals surface area contributed by atoms with E-state index in [0.717, 1.165) is 33.4 Å². The highest BCUT2D eigenvalue weighted by molar-refractivity contribution is 7.99. The van der Waals surface area contributed by atoms with Crippen molar-refractivity contribution in [3.8, 4) is 5.75 Å². The number of aromatic nitrogens is 1. The maximum Gasteiger partial charge on any atom is 0.316 e. The molecular weight excluding hydrogens is 334 g/mol. The second kappa shape index (κ2) is 8.53. The highest BCUT2D eigenvalue weighted by atomic mass is 32.2. The number of hydrogen-bond donors (Lipinski definition) is 0. The zero-order chi connectivity index (χ0) is 17.5. The van der Waals surface area contributed by atoms with Gasteiger partial charge >= 0.3 is 5.97 Å². The van der Waals surface area contributed by atoms with Gasteiger partial charge in [0.2, 0.25) is 0 Å². The van der Waals surface area contributed by atoms with Gasteiger partial charge in [0.25, 0.3) is 0 Å². The molecule has 3 rings (SSSR count). The van der Waals surface area contributed by atoms with Gasteiger partial charge in [0, 0.05) is 18.1 Å². The van der Waals surface area contributed by atoms with Crippen LogP contribution in [0.1, 0.15) is 11.1 Å². The van der Waals surface area contributed by atoms with Crippen molar-refractivity contribution in [1.29, 1.82) is 0 Å². The molecule has 0 amide bonds. The van der Waals surface area contributed by atoms with Gasteiger partial charge in [-0.1, -0.05) is 24.3 Å². The van der Waals surface area contributed by atoms with Crippen LogP contribution in [0.2, 0.25) is 0 Å². The SMILES string of the molecule is COc1ccc2cc(COC(=O)CSCc3cccnc3)ccc2c1. The minimum absolute atomic E-state index is 0.205. The van der Waals surface area contributed by atoms with E-state index in [2.05, 4.69) is 4.98 Å². The molecule has 0 fully saturated rings. The summed E-state index contributed by atoms with van der Waals surface area (Å²) < 4.78 is 10.6. The Kier molecular flexibility index (Phi) is 5.90. The molecule has 2 aromatic carbocycles. The lowest BCUT2D eigenvalue weighted by Gasteiger charge is -2.07. The number of pyridine rings is 1. The standard InChI is InChI=1S/C20H19NO3S/c1-23-19-7-6-17-9-15(4-5-18(17)10-19)12-24-20(22)14-25-13-16-3-2-8-21-11-16/h2-11H,12-14H2,1H3. The first kappa shape index (κ1) is 17.3. The molecule has 0 radical (unpaired) electrons. The number of thioether (sulfide) groups is 1. The van der Waals surface area contributed by atoms with Gasteiger partial charge in [-0.05, 0) is 46.2 Å². The number of fused-ring (bicyclic) bond motifs is 1. The largest absolute Gasteiger partial charge is 0.497 e. The van der Waals surface area contributed by atoms with Crippen LogP contribution in [0.15, 0.2) is 60.9 Å². The lowest BCUT2D eigenvalue weighted by molar-refractivity contribution is -0.141. The van der Waals surface area contributed by atoms with Gasteiger partial charge in [-0.2, -0.15) is 0 Å². The van der Waals surface area contributed by atoms with E-state index in [1.807, 2.05) is 54.7 Å². The lowest BCUT2D eigenvalue weighted by Crippen LogP contribution is -2.07. The van der Waals surface area contributed by atoms with Crippen molar-refractivity contribution in [2.45, 2.75) is 12.4 Å². The predicted molar refractivity (Wildman–Crippen MR) is 101 cm³/mol. The Morgan fingerprint density at radius 3 is 2.72 bits per heavy atom. The zero-order valence-electron chi connectivity index (χ0n) is 14.0. The van der Waals surface area contributed by atoms with Gasteiger partial charge in [-0.25, -0.2) is 0 Å². The molecule has 25 heavy (non-hydrogen) atoms. The van der Waals surface area contributed by atoms with Crippen molar-refractivity contribution >= 4 is 28.5 Å². The summed E-state index contributed by atoms with van der Waals surface area (Å²) >= 11 is 1.53. The fourth-order valence-corrected chi connectivity index (χ4v) is 3.19. The Labute approximate surface area is 151 Å². The summed E-state index contributed by atoms with van der Waals surface area (Å²) in [6.07, 6.45) is 3.55. The van der Waals surface area contributed by atoms with Crippen LogP contribution in [-0.4, -0.2) is 23.8 Å². The van der Waals surface area contributed by atoms with Gasteiger partial charge in [-0.15, -0.1) is 11.8 Å². The molecule has 0 saturated heterocycles. The average Bonchev–Trinajstić information content (AvgIpc) is 2.66. The number of carbonyl (C=O) groups is 1. The number of benzene rings is 2. The van der Waals surface area contributed by atoms with Crippen molar-refractivity contribution in [2.24, 2.45) is 0 Å². The number of esters is 1. The molecule has 0 atom stereocenters. The van der Waals surface area contributed by atoms with Crippen LogP contribution in [0, 0.1) is 0 Å². The van der Waals surface area contributed by atoms with Crippen LogP contribution in [0.25, 0.3) is 10.8 Å². The molecule has 0 N–H and O–H groups in total. The van der Waals surface area contributed by atoms with E-state index in [1.165, 1.54) is 11.8 Å². The van der Waals surface area contributed by atoms with Crippen LogP contribution in [0.3, 0.4) is 0 Å². The van der Waals surface area contributed by atoms with E-state index in [9.17, 15) is 4.79 Å². The zero-order valence-corrected chi connectivity index (χ0v) is 14.8. The molecule has 0 saturated carbocycles. The Bertz CT molecular complexity index is 852. The number of methoxy groups -OCH3 is 1. The van der Waals surface area contributed by atoms with E-state index in [1.54, 1.807) is 13.3 Å². The van der Waals surface area contributed by atoms with Crippen LogP contribution in [0.5, 0.6) is 5.75 Å². The Morgan fingerprint density at radius 1 is 1.08 bits per heavy atom. The van der Waals surface area contributed by atoms with E-state index in [0.29, 0.717) is 5.75 Å². The molecular formula is C20H19NO3S. The summed E-state index contributed by atoms with van der Waals surface area (Å²) in [6, 6.07) is 15.8. The summed E-state index contributed by atoms with van der Waals surface area (Å²) in [5, 5.41) is 2.20. The molecule has 0 aliphatic rings. The molecule has 1 aromatic heterocycles. The molecule has 1 heterocycles. The fraction of sp³-hybridized carbons (Fsp3) is 0.200. The van der Waals surface area contributed by atoms with Gasteiger partial charge in [0.05, 0.1) is 12.9 Å². The summed E-state index contributed by atoms with van der Waals surface area (Å²) in [5.41, 5.74) is 2.08. The molecule has 0 unspecified atom stereocenters. The summed E-state index contributed by atoms with van der Waals surface area (Å²) in [7, 11) is 1.65. The van der Waals surface area contributed by atoms with Crippen LogP contribution in [-0.2, 0) is 21.9 Å². The van der Waals surface area contributed by atoms with E-state index >= 15 is 0 Å². The van der Waals surface area contributed by atoms with E-state index in [4.69, 9.17) is 9.47 Å². The van der Waals surface area contributed by atoms with Crippen molar-refractivity contribution in [1.82, 2.24) is 4.98 Å². The first-order chi connectivity index (χ1) is 12.2. The van der Waals surface area contributed by atoms with Crippen molar-refractivity contribution in [3.63, 3.8) is 0 Å². The number of nitrogens with zero attached hydrogens (tertiary/aromatic N) is 1. The van der Waals surface area contributed by atoms with Gasteiger partial charge < -0.3 is 9.47 Å². The normalized spacial score (nSPS) is 10.6. The molecule has 0 aliphatic carbocycles. The number of ether oxygens (including phenoxy) is 2.